The molecule has 0 N–H and O–H groups in total. The van der Waals surface area contributed by atoms with Crippen molar-refractivity contribution in [2.45, 2.75) is 0 Å². The van der Waals surface area contributed by atoms with E-state index in [1.165, 1.54) is 0 Å². The number of fused-ring (bicyclic) bond motifs is 1. The second kappa shape index (κ2) is 8.02. The van der Waals surface area contributed by atoms with Crippen LogP contribution in [0.15, 0.2) is 66.7 Å². The summed E-state index contributed by atoms with van der Waals surface area (Å²) in [4.78, 5) is 4.87. The van der Waals surface area contributed by atoms with Gasteiger partial charge in [-0.3, -0.25) is 0 Å². The number of benzene rings is 3. The van der Waals surface area contributed by atoms with Crippen molar-refractivity contribution < 1.29 is 14.2 Å². The number of pyridine rings is 1. The van der Waals surface area contributed by atoms with E-state index in [0.29, 0.717) is 22.3 Å². The van der Waals surface area contributed by atoms with Gasteiger partial charge in [0.2, 0.25) is 5.75 Å². The van der Waals surface area contributed by atoms with Gasteiger partial charge >= 0.3 is 0 Å². The molecular weight excluding hydrogens is 386 g/mol. The molecule has 146 valence electrons. The van der Waals surface area contributed by atoms with Gasteiger partial charge in [-0.15, -0.1) is 0 Å². The third-order valence-corrected chi connectivity index (χ3v) is 5.05. The van der Waals surface area contributed by atoms with Gasteiger partial charge in [0.25, 0.3) is 0 Å². The molecule has 5 heteroatoms. The van der Waals surface area contributed by atoms with Gasteiger partial charge in [0.05, 0.1) is 32.5 Å². The predicted molar refractivity (Wildman–Crippen MR) is 117 cm³/mol. The third-order valence-electron chi connectivity index (χ3n) is 4.82. The van der Waals surface area contributed by atoms with Crippen LogP contribution < -0.4 is 14.2 Å². The Labute approximate surface area is 174 Å². The summed E-state index contributed by atoms with van der Waals surface area (Å²) in [6.07, 6.45) is 0. The Balaban J connectivity index is 1.99. The minimum atomic E-state index is 0.551. The summed E-state index contributed by atoms with van der Waals surface area (Å²) in [5.74, 6) is 1.72. The minimum absolute atomic E-state index is 0.551. The molecule has 0 saturated carbocycles. The fourth-order valence-electron chi connectivity index (χ4n) is 3.43. The fraction of sp³-hybridized carbons (Fsp3) is 0.125. The van der Waals surface area contributed by atoms with Crippen LogP contribution in [0.2, 0.25) is 5.02 Å². The first-order chi connectivity index (χ1) is 14.1. The van der Waals surface area contributed by atoms with Crippen LogP contribution in [-0.4, -0.2) is 26.3 Å². The summed E-state index contributed by atoms with van der Waals surface area (Å²) in [5, 5.41) is 1.68. The second-order valence-electron chi connectivity index (χ2n) is 6.50. The molecule has 0 spiro atoms. The van der Waals surface area contributed by atoms with Crippen molar-refractivity contribution in [3.63, 3.8) is 0 Å². The average molecular weight is 406 g/mol. The normalized spacial score (nSPS) is 10.8. The highest BCUT2D eigenvalue weighted by atomic mass is 35.5. The number of methoxy groups -OCH3 is 3. The molecule has 4 aromatic rings. The summed E-state index contributed by atoms with van der Waals surface area (Å²) in [7, 11) is 4.80. The highest BCUT2D eigenvalue weighted by molar-refractivity contribution is 6.31. The second-order valence-corrected chi connectivity index (χ2v) is 6.93. The van der Waals surface area contributed by atoms with Crippen molar-refractivity contribution in [3.8, 4) is 39.6 Å². The molecule has 0 radical (unpaired) electrons. The monoisotopic (exact) mass is 405 g/mol. The van der Waals surface area contributed by atoms with E-state index in [1.54, 1.807) is 21.3 Å². The SMILES string of the molecule is COc1cc(-c2cc(-c3ccccc3)c3cc(Cl)ccc3n2)cc(OC)c1OC. The number of aromatic nitrogens is 1. The predicted octanol–water partition coefficient (Wildman–Crippen LogP) is 6.25. The smallest absolute Gasteiger partial charge is 0.203 e. The largest absolute Gasteiger partial charge is 0.493 e. The van der Waals surface area contributed by atoms with Gasteiger partial charge in [-0.05, 0) is 47.5 Å². The molecule has 1 heterocycles. The first-order valence-corrected chi connectivity index (χ1v) is 9.48. The molecule has 0 aliphatic rings. The van der Waals surface area contributed by atoms with E-state index in [9.17, 15) is 0 Å². The molecule has 0 aliphatic heterocycles. The zero-order valence-corrected chi connectivity index (χ0v) is 17.2. The lowest BCUT2D eigenvalue weighted by molar-refractivity contribution is 0.324. The van der Waals surface area contributed by atoms with Crippen molar-refractivity contribution in [1.29, 1.82) is 0 Å². The van der Waals surface area contributed by atoms with Crippen LogP contribution in [0.5, 0.6) is 17.2 Å². The van der Waals surface area contributed by atoms with Crippen LogP contribution in [0, 0.1) is 0 Å². The summed E-state index contributed by atoms with van der Waals surface area (Å²) in [5.41, 5.74) is 4.68. The van der Waals surface area contributed by atoms with E-state index in [-0.39, 0.29) is 0 Å². The Morgan fingerprint density at radius 3 is 2.03 bits per heavy atom. The van der Waals surface area contributed by atoms with Crippen molar-refractivity contribution in [3.05, 3.63) is 71.8 Å². The summed E-state index contributed by atoms with van der Waals surface area (Å²) >= 11 is 6.27. The van der Waals surface area contributed by atoms with Crippen molar-refractivity contribution in [1.82, 2.24) is 4.98 Å². The van der Waals surface area contributed by atoms with Crippen LogP contribution in [0.3, 0.4) is 0 Å². The van der Waals surface area contributed by atoms with E-state index in [4.69, 9.17) is 30.8 Å². The summed E-state index contributed by atoms with van der Waals surface area (Å²) in [6.45, 7) is 0. The van der Waals surface area contributed by atoms with E-state index < -0.39 is 0 Å². The molecule has 0 amide bonds. The third kappa shape index (κ3) is 3.59. The van der Waals surface area contributed by atoms with Gasteiger partial charge in [0.1, 0.15) is 0 Å². The van der Waals surface area contributed by atoms with Crippen molar-refractivity contribution in [2.75, 3.05) is 21.3 Å². The Hall–Kier alpha value is -3.24. The van der Waals surface area contributed by atoms with Crippen LogP contribution >= 0.6 is 11.6 Å². The molecule has 3 aromatic carbocycles. The lowest BCUT2D eigenvalue weighted by Crippen LogP contribution is -1.97. The van der Waals surface area contributed by atoms with E-state index in [2.05, 4.69) is 18.2 Å². The van der Waals surface area contributed by atoms with Crippen molar-refractivity contribution in [2.24, 2.45) is 0 Å². The molecule has 4 rings (SSSR count). The molecule has 0 bridgehead atoms. The zero-order chi connectivity index (χ0) is 20.4. The van der Waals surface area contributed by atoms with Gasteiger partial charge in [-0.25, -0.2) is 4.98 Å². The first-order valence-electron chi connectivity index (χ1n) is 9.10. The van der Waals surface area contributed by atoms with E-state index in [0.717, 1.165) is 33.3 Å². The van der Waals surface area contributed by atoms with E-state index >= 15 is 0 Å². The number of rotatable bonds is 5. The lowest BCUT2D eigenvalue weighted by atomic mass is 9.98. The van der Waals surface area contributed by atoms with Gasteiger partial charge in [0.15, 0.2) is 11.5 Å². The highest BCUT2D eigenvalue weighted by Crippen LogP contribution is 2.42. The van der Waals surface area contributed by atoms with Gasteiger partial charge in [-0.2, -0.15) is 0 Å². The van der Waals surface area contributed by atoms with Gasteiger partial charge < -0.3 is 14.2 Å². The van der Waals surface area contributed by atoms with Gasteiger partial charge in [-0.1, -0.05) is 41.9 Å². The molecule has 4 nitrogen and oxygen atoms in total. The van der Waals surface area contributed by atoms with Crippen LogP contribution in [0.1, 0.15) is 0 Å². The minimum Gasteiger partial charge on any atom is -0.493 e. The maximum atomic E-state index is 6.27. The number of nitrogens with zero attached hydrogens (tertiary/aromatic N) is 1. The fourth-order valence-corrected chi connectivity index (χ4v) is 3.60. The number of hydrogen-bond acceptors (Lipinski definition) is 4. The topological polar surface area (TPSA) is 40.6 Å². The molecule has 0 fully saturated rings. The molecule has 1 aromatic heterocycles. The lowest BCUT2D eigenvalue weighted by Gasteiger charge is -2.15. The summed E-state index contributed by atoms with van der Waals surface area (Å²) < 4.78 is 16.5. The first kappa shape index (κ1) is 19.1. The van der Waals surface area contributed by atoms with Crippen LogP contribution in [0.4, 0.5) is 0 Å². The zero-order valence-electron chi connectivity index (χ0n) is 16.4. The van der Waals surface area contributed by atoms with Crippen molar-refractivity contribution >= 4 is 22.5 Å². The Bertz CT molecular complexity index is 1150. The maximum Gasteiger partial charge on any atom is 0.203 e. The Morgan fingerprint density at radius 1 is 0.724 bits per heavy atom. The molecule has 0 aliphatic carbocycles. The molecule has 0 atom stereocenters. The quantitative estimate of drug-likeness (QED) is 0.393. The number of hydrogen-bond donors (Lipinski definition) is 0. The molecule has 0 saturated heterocycles. The maximum absolute atomic E-state index is 6.27. The summed E-state index contributed by atoms with van der Waals surface area (Å²) in [6, 6.07) is 21.8. The molecule has 29 heavy (non-hydrogen) atoms. The highest BCUT2D eigenvalue weighted by Gasteiger charge is 2.16. The molecule has 0 unspecified atom stereocenters. The van der Waals surface area contributed by atoms with Crippen LogP contribution in [0.25, 0.3) is 33.3 Å². The average Bonchev–Trinajstić information content (AvgIpc) is 2.77. The Kier molecular flexibility index (Phi) is 5.28. The number of halogens is 1. The molecular formula is C24H20ClNO3. The number of ether oxygens (including phenoxy) is 3. The van der Waals surface area contributed by atoms with Gasteiger partial charge in [0, 0.05) is 16.0 Å². The van der Waals surface area contributed by atoms with Crippen LogP contribution in [-0.2, 0) is 0 Å². The van der Waals surface area contributed by atoms with E-state index in [1.807, 2.05) is 48.5 Å². The standard InChI is InChI=1S/C24H20ClNO3/c1-27-22-11-16(12-23(28-2)24(22)29-3)21-14-18(15-7-5-4-6-8-15)19-13-17(25)9-10-20(19)26-21/h4-14H,1-3H3. The Morgan fingerprint density at radius 2 is 1.41 bits per heavy atom.